The molecule has 0 radical (unpaired) electrons. The summed E-state index contributed by atoms with van der Waals surface area (Å²) in [6.45, 7) is 10.8. The molecule has 0 unspecified atom stereocenters. The first-order chi connectivity index (χ1) is 12.4. The molecule has 0 aliphatic heterocycles. The predicted molar refractivity (Wildman–Crippen MR) is 110 cm³/mol. The first kappa shape index (κ1) is 19.1. The highest BCUT2D eigenvalue weighted by atomic mass is 28.4. The van der Waals surface area contributed by atoms with Gasteiger partial charge in [-0.05, 0) is 40.2 Å². The van der Waals surface area contributed by atoms with E-state index in [0.717, 1.165) is 12.8 Å². The molecule has 2 aromatic rings. The van der Waals surface area contributed by atoms with Crippen molar-refractivity contribution < 1.29 is 8.82 Å². The minimum Gasteiger partial charge on any atom is -0.401 e. The van der Waals surface area contributed by atoms with Gasteiger partial charge in [0.05, 0.1) is 6.10 Å². The predicted octanol–water partition coefficient (Wildman–Crippen LogP) is 5.01. The molecule has 0 aromatic heterocycles. The van der Waals surface area contributed by atoms with Gasteiger partial charge in [-0.2, -0.15) is 0 Å². The third-order valence-electron chi connectivity index (χ3n) is 5.48. The molecule has 0 N–H and O–H groups in total. The number of rotatable bonds is 4. The molecule has 1 aliphatic carbocycles. The van der Waals surface area contributed by atoms with Crippen LogP contribution in [0.25, 0.3) is 0 Å². The van der Waals surface area contributed by atoms with E-state index in [9.17, 15) is 4.39 Å². The highest BCUT2D eigenvalue weighted by Gasteiger charge is 2.52. The summed E-state index contributed by atoms with van der Waals surface area (Å²) in [7, 11) is -2.64. The monoisotopic (exact) mass is 368 g/mol. The van der Waals surface area contributed by atoms with Crippen LogP contribution in [0.1, 0.15) is 40.0 Å². The second-order valence-electron chi connectivity index (χ2n) is 8.24. The van der Waals surface area contributed by atoms with Gasteiger partial charge >= 0.3 is 0 Å². The van der Waals surface area contributed by atoms with Gasteiger partial charge in [0.1, 0.15) is 6.17 Å². The Labute approximate surface area is 158 Å². The maximum Gasteiger partial charge on any atom is 0.261 e. The summed E-state index contributed by atoms with van der Waals surface area (Å²) in [5.74, 6) is 0. The molecular formula is C23H29FOSi. The van der Waals surface area contributed by atoms with Crippen LogP contribution >= 0.6 is 0 Å². The molecule has 2 atom stereocenters. The van der Waals surface area contributed by atoms with Crippen LogP contribution in [0.15, 0.2) is 72.8 Å². The van der Waals surface area contributed by atoms with Crippen molar-refractivity contribution in [1.29, 1.82) is 0 Å². The van der Waals surface area contributed by atoms with E-state index in [2.05, 4.69) is 75.9 Å². The van der Waals surface area contributed by atoms with E-state index in [1.165, 1.54) is 10.4 Å². The minimum absolute atomic E-state index is 0.0980. The SMILES string of the molecule is C=C1[C@@H](F)CCC[C@H]1O[Si](c1ccccc1)(c1ccccc1)C(C)(C)C. The zero-order valence-electron chi connectivity index (χ0n) is 16.0. The fraction of sp³-hybridized carbons (Fsp3) is 0.391. The third kappa shape index (κ3) is 3.43. The van der Waals surface area contributed by atoms with Crippen molar-refractivity contribution in [1.82, 2.24) is 0 Å². The number of halogens is 1. The molecule has 3 heteroatoms. The minimum atomic E-state index is -2.64. The van der Waals surface area contributed by atoms with E-state index >= 15 is 0 Å². The second kappa shape index (κ2) is 7.49. The van der Waals surface area contributed by atoms with Crippen molar-refractivity contribution in [3.63, 3.8) is 0 Å². The lowest BCUT2D eigenvalue weighted by molar-refractivity contribution is 0.155. The molecule has 2 aromatic carbocycles. The van der Waals surface area contributed by atoms with Gasteiger partial charge in [-0.1, -0.05) is 88.0 Å². The summed E-state index contributed by atoms with van der Waals surface area (Å²) in [5.41, 5.74) is 0.615. The topological polar surface area (TPSA) is 9.23 Å². The van der Waals surface area contributed by atoms with Crippen LogP contribution < -0.4 is 10.4 Å². The molecule has 26 heavy (non-hydrogen) atoms. The van der Waals surface area contributed by atoms with Crippen LogP contribution in [0.3, 0.4) is 0 Å². The Morgan fingerprint density at radius 2 is 1.42 bits per heavy atom. The largest absolute Gasteiger partial charge is 0.401 e. The van der Waals surface area contributed by atoms with Crippen LogP contribution in [0.5, 0.6) is 0 Å². The van der Waals surface area contributed by atoms with E-state index < -0.39 is 14.5 Å². The first-order valence-electron chi connectivity index (χ1n) is 9.48. The van der Waals surface area contributed by atoms with Gasteiger partial charge in [-0.15, -0.1) is 0 Å². The maximum absolute atomic E-state index is 14.3. The Balaban J connectivity index is 2.16. The quantitative estimate of drug-likeness (QED) is 0.544. The Kier molecular flexibility index (Phi) is 5.49. The lowest BCUT2D eigenvalue weighted by Crippen LogP contribution is -2.68. The second-order valence-corrected chi connectivity index (χ2v) is 12.5. The summed E-state index contributed by atoms with van der Waals surface area (Å²) in [5, 5.41) is 2.36. The normalized spacial score (nSPS) is 21.6. The van der Waals surface area contributed by atoms with E-state index in [0.29, 0.717) is 12.0 Å². The number of hydrogen-bond acceptors (Lipinski definition) is 1. The molecule has 1 fully saturated rings. The van der Waals surface area contributed by atoms with Crippen LogP contribution in [0, 0.1) is 0 Å². The Bertz CT molecular complexity index is 696. The van der Waals surface area contributed by atoms with E-state index in [1.54, 1.807) is 0 Å². The van der Waals surface area contributed by atoms with Gasteiger partial charge < -0.3 is 4.43 Å². The van der Waals surface area contributed by atoms with Crippen molar-refractivity contribution in [3.05, 3.63) is 72.8 Å². The number of hydrogen-bond donors (Lipinski definition) is 0. The van der Waals surface area contributed by atoms with Crippen molar-refractivity contribution in [2.75, 3.05) is 0 Å². The first-order valence-corrected chi connectivity index (χ1v) is 11.4. The fourth-order valence-corrected chi connectivity index (χ4v) is 8.81. The summed E-state index contributed by atoms with van der Waals surface area (Å²) in [6, 6.07) is 21.0. The molecule has 0 saturated heterocycles. The zero-order valence-corrected chi connectivity index (χ0v) is 17.0. The molecule has 0 heterocycles. The van der Waals surface area contributed by atoms with Crippen LogP contribution in [0.4, 0.5) is 4.39 Å². The molecule has 0 amide bonds. The molecular weight excluding hydrogens is 339 g/mol. The van der Waals surface area contributed by atoms with E-state index in [-0.39, 0.29) is 11.1 Å². The van der Waals surface area contributed by atoms with Crippen LogP contribution in [-0.2, 0) is 4.43 Å². The van der Waals surface area contributed by atoms with E-state index in [1.807, 2.05) is 12.1 Å². The summed E-state index contributed by atoms with van der Waals surface area (Å²) in [6.07, 6.45) is 1.10. The average Bonchev–Trinajstić information content (AvgIpc) is 2.63. The molecule has 3 rings (SSSR count). The number of alkyl halides is 1. The van der Waals surface area contributed by atoms with Crippen molar-refractivity contribution in [2.45, 2.75) is 57.3 Å². The molecule has 1 saturated carbocycles. The smallest absolute Gasteiger partial charge is 0.261 e. The van der Waals surface area contributed by atoms with Crippen molar-refractivity contribution in [3.8, 4) is 0 Å². The Morgan fingerprint density at radius 1 is 0.923 bits per heavy atom. The van der Waals surface area contributed by atoms with Gasteiger partial charge in [0.15, 0.2) is 0 Å². The fourth-order valence-electron chi connectivity index (χ4n) is 4.09. The standard InChI is InChI=1S/C23H29FOSi/c1-18-21(24)16-11-17-22(18)25-26(23(2,3)4,19-12-7-5-8-13-19)20-14-9-6-10-15-20/h5-10,12-15,21-22H,1,11,16-17H2,2-4H3/t21-,22+/m0/s1. The van der Waals surface area contributed by atoms with Crippen LogP contribution in [0.2, 0.25) is 5.04 Å². The average molecular weight is 369 g/mol. The van der Waals surface area contributed by atoms with Gasteiger partial charge in [0.25, 0.3) is 8.32 Å². The summed E-state index contributed by atoms with van der Waals surface area (Å²) >= 11 is 0. The highest BCUT2D eigenvalue weighted by molar-refractivity contribution is 6.99. The van der Waals surface area contributed by atoms with Crippen LogP contribution in [-0.4, -0.2) is 20.6 Å². The van der Waals surface area contributed by atoms with Gasteiger partial charge in [-0.3, -0.25) is 0 Å². The summed E-state index contributed by atoms with van der Waals surface area (Å²) in [4.78, 5) is 0. The highest BCUT2D eigenvalue weighted by Crippen LogP contribution is 2.40. The lowest BCUT2D eigenvalue weighted by atomic mass is 9.92. The zero-order chi connectivity index (χ0) is 18.8. The molecule has 138 valence electrons. The molecule has 1 aliphatic rings. The molecule has 0 bridgehead atoms. The van der Waals surface area contributed by atoms with Gasteiger partial charge in [0, 0.05) is 0 Å². The van der Waals surface area contributed by atoms with Crippen molar-refractivity contribution >= 4 is 18.7 Å². The Hall–Kier alpha value is -1.71. The van der Waals surface area contributed by atoms with Crippen molar-refractivity contribution in [2.24, 2.45) is 0 Å². The third-order valence-corrected chi connectivity index (χ3v) is 10.5. The maximum atomic E-state index is 14.3. The van der Waals surface area contributed by atoms with Gasteiger partial charge in [0.2, 0.25) is 0 Å². The summed E-state index contributed by atoms with van der Waals surface area (Å²) < 4.78 is 21.3. The van der Waals surface area contributed by atoms with Gasteiger partial charge in [-0.25, -0.2) is 4.39 Å². The molecule has 1 nitrogen and oxygen atoms in total. The number of benzene rings is 2. The van der Waals surface area contributed by atoms with E-state index in [4.69, 9.17) is 4.43 Å². The Morgan fingerprint density at radius 3 is 1.88 bits per heavy atom. The lowest BCUT2D eigenvalue weighted by Gasteiger charge is -2.46. The molecule has 0 spiro atoms.